The van der Waals surface area contributed by atoms with Gasteiger partial charge in [0.25, 0.3) is 6.47 Å². The van der Waals surface area contributed by atoms with Gasteiger partial charge in [0.15, 0.2) is 0 Å². The van der Waals surface area contributed by atoms with Crippen LogP contribution in [0.1, 0.15) is 11.1 Å². The predicted octanol–water partition coefficient (Wildman–Crippen LogP) is 3.26. The molecular formula is C13H18BrNO2. The van der Waals surface area contributed by atoms with Gasteiger partial charge in [-0.05, 0) is 24.6 Å². The SMILES string of the molecule is C=Cc1c(Br)cc(C)cc1N(C)C.COC=O. The second-order valence-corrected chi connectivity index (χ2v) is 4.46. The predicted molar refractivity (Wildman–Crippen MR) is 76.4 cm³/mol. The summed E-state index contributed by atoms with van der Waals surface area (Å²) < 4.78 is 4.96. The minimum atomic E-state index is 0.375. The molecule has 0 atom stereocenters. The van der Waals surface area contributed by atoms with E-state index in [9.17, 15) is 0 Å². The summed E-state index contributed by atoms with van der Waals surface area (Å²) in [6.07, 6.45) is 1.87. The molecule has 0 saturated carbocycles. The minimum absolute atomic E-state index is 0.375. The summed E-state index contributed by atoms with van der Waals surface area (Å²) in [5.41, 5.74) is 3.60. The Bertz CT molecular complexity index is 389. The number of anilines is 1. The average molecular weight is 300 g/mol. The zero-order valence-electron chi connectivity index (χ0n) is 10.7. The van der Waals surface area contributed by atoms with Crippen molar-refractivity contribution in [1.82, 2.24) is 0 Å². The van der Waals surface area contributed by atoms with E-state index in [0.29, 0.717) is 6.47 Å². The highest BCUT2D eigenvalue weighted by molar-refractivity contribution is 9.10. The van der Waals surface area contributed by atoms with Crippen LogP contribution in [0.25, 0.3) is 6.08 Å². The van der Waals surface area contributed by atoms with Gasteiger partial charge < -0.3 is 9.64 Å². The Labute approximate surface area is 111 Å². The van der Waals surface area contributed by atoms with Gasteiger partial charge in [0, 0.05) is 29.8 Å². The van der Waals surface area contributed by atoms with Crippen molar-refractivity contribution < 1.29 is 9.53 Å². The highest BCUT2D eigenvalue weighted by atomic mass is 79.9. The van der Waals surface area contributed by atoms with Crippen LogP contribution in [0, 0.1) is 6.92 Å². The first-order valence-electron chi connectivity index (χ1n) is 5.04. The number of rotatable bonds is 3. The van der Waals surface area contributed by atoms with Crippen molar-refractivity contribution in [3.05, 3.63) is 34.3 Å². The third-order valence-electron chi connectivity index (χ3n) is 2.03. The molecule has 0 amide bonds. The molecule has 1 aromatic rings. The van der Waals surface area contributed by atoms with Crippen LogP contribution >= 0.6 is 15.9 Å². The van der Waals surface area contributed by atoms with Crippen LogP contribution in [-0.2, 0) is 9.53 Å². The van der Waals surface area contributed by atoms with Gasteiger partial charge in [0.05, 0.1) is 7.11 Å². The van der Waals surface area contributed by atoms with Crippen molar-refractivity contribution in [2.45, 2.75) is 6.92 Å². The molecule has 0 aromatic heterocycles. The van der Waals surface area contributed by atoms with Crippen LogP contribution in [0.15, 0.2) is 23.2 Å². The molecule has 0 aliphatic carbocycles. The number of halogens is 1. The molecule has 94 valence electrons. The Hall–Kier alpha value is -1.29. The number of aryl methyl sites for hydroxylation is 1. The number of benzene rings is 1. The van der Waals surface area contributed by atoms with Gasteiger partial charge in [-0.25, -0.2) is 0 Å². The number of carbonyl (C=O) groups excluding carboxylic acids is 1. The number of hydrogen-bond donors (Lipinski definition) is 0. The molecule has 0 unspecified atom stereocenters. The van der Waals surface area contributed by atoms with E-state index in [1.54, 1.807) is 0 Å². The van der Waals surface area contributed by atoms with Crippen LogP contribution in [0.4, 0.5) is 5.69 Å². The number of nitrogens with zero attached hydrogens (tertiary/aromatic N) is 1. The van der Waals surface area contributed by atoms with Crippen LogP contribution in [0.5, 0.6) is 0 Å². The first-order valence-corrected chi connectivity index (χ1v) is 5.83. The number of carbonyl (C=O) groups is 1. The van der Waals surface area contributed by atoms with Crippen LogP contribution in [0.2, 0.25) is 0 Å². The molecule has 0 aliphatic heterocycles. The maximum Gasteiger partial charge on any atom is 0.292 e. The molecule has 0 aliphatic rings. The average Bonchev–Trinajstić information content (AvgIpc) is 2.28. The molecule has 0 bridgehead atoms. The van der Waals surface area contributed by atoms with Gasteiger partial charge in [-0.3, -0.25) is 4.79 Å². The van der Waals surface area contributed by atoms with Crippen molar-refractivity contribution >= 4 is 34.2 Å². The van der Waals surface area contributed by atoms with E-state index >= 15 is 0 Å². The normalized spacial score (nSPS) is 8.76. The van der Waals surface area contributed by atoms with E-state index < -0.39 is 0 Å². The molecule has 1 rings (SSSR count). The third-order valence-corrected chi connectivity index (χ3v) is 2.69. The molecule has 1 aromatic carbocycles. The van der Waals surface area contributed by atoms with Crippen molar-refractivity contribution in [3.63, 3.8) is 0 Å². The van der Waals surface area contributed by atoms with Crippen molar-refractivity contribution in [3.8, 4) is 0 Å². The Balaban J connectivity index is 0.000000557. The van der Waals surface area contributed by atoms with Gasteiger partial charge in [-0.15, -0.1) is 0 Å². The topological polar surface area (TPSA) is 29.5 Å². The first kappa shape index (κ1) is 15.7. The molecule has 0 N–H and O–H groups in total. The lowest BCUT2D eigenvalue weighted by Gasteiger charge is -2.17. The number of ether oxygens (including phenoxy) is 1. The molecule has 0 spiro atoms. The van der Waals surface area contributed by atoms with E-state index in [2.05, 4.69) is 51.2 Å². The monoisotopic (exact) mass is 299 g/mol. The highest BCUT2D eigenvalue weighted by Gasteiger charge is 2.06. The van der Waals surface area contributed by atoms with Gasteiger partial charge >= 0.3 is 0 Å². The van der Waals surface area contributed by atoms with Crippen molar-refractivity contribution in [2.24, 2.45) is 0 Å². The van der Waals surface area contributed by atoms with E-state index in [4.69, 9.17) is 4.79 Å². The molecule has 17 heavy (non-hydrogen) atoms. The Morgan fingerprint density at radius 1 is 1.41 bits per heavy atom. The molecule has 3 nitrogen and oxygen atoms in total. The molecule has 4 heteroatoms. The number of methoxy groups -OCH3 is 1. The zero-order chi connectivity index (χ0) is 13.4. The lowest BCUT2D eigenvalue weighted by atomic mass is 10.1. The van der Waals surface area contributed by atoms with Crippen molar-refractivity contribution in [1.29, 1.82) is 0 Å². The summed E-state index contributed by atoms with van der Waals surface area (Å²) in [5, 5.41) is 0. The highest BCUT2D eigenvalue weighted by Crippen LogP contribution is 2.29. The fraction of sp³-hybridized carbons (Fsp3) is 0.308. The van der Waals surface area contributed by atoms with Crippen LogP contribution in [0.3, 0.4) is 0 Å². The van der Waals surface area contributed by atoms with Crippen LogP contribution in [-0.4, -0.2) is 27.7 Å². The van der Waals surface area contributed by atoms with Crippen LogP contribution < -0.4 is 4.90 Å². The van der Waals surface area contributed by atoms with Gasteiger partial charge in [-0.2, -0.15) is 0 Å². The van der Waals surface area contributed by atoms with Gasteiger partial charge in [0.1, 0.15) is 0 Å². The lowest BCUT2D eigenvalue weighted by molar-refractivity contribution is -0.126. The molecule has 0 heterocycles. The lowest BCUT2D eigenvalue weighted by Crippen LogP contribution is -2.10. The molecule has 0 fully saturated rings. The Morgan fingerprint density at radius 2 is 1.94 bits per heavy atom. The summed E-state index contributed by atoms with van der Waals surface area (Å²) in [6, 6.07) is 4.26. The van der Waals surface area contributed by atoms with Gasteiger partial charge in [-0.1, -0.05) is 28.6 Å². The zero-order valence-corrected chi connectivity index (χ0v) is 12.2. The summed E-state index contributed by atoms with van der Waals surface area (Å²) in [5.74, 6) is 0. The van der Waals surface area contributed by atoms with E-state index in [-0.39, 0.29) is 0 Å². The third kappa shape index (κ3) is 5.04. The summed E-state index contributed by atoms with van der Waals surface area (Å²) in [6.45, 7) is 6.27. The summed E-state index contributed by atoms with van der Waals surface area (Å²) in [4.78, 5) is 11.0. The second-order valence-electron chi connectivity index (χ2n) is 3.61. The fourth-order valence-corrected chi connectivity index (χ4v) is 2.03. The quantitative estimate of drug-likeness (QED) is 0.803. The fourth-order valence-electron chi connectivity index (χ4n) is 1.31. The first-order chi connectivity index (χ1) is 7.97. The van der Waals surface area contributed by atoms with E-state index in [1.165, 1.54) is 18.4 Å². The van der Waals surface area contributed by atoms with Gasteiger partial charge in [0.2, 0.25) is 0 Å². The largest absolute Gasteiger partial charge is 0.471 e. The van der Waals surface area contributed by atoms with Crippen molar-refractivity contribution in [2.75, 3.05) is 26.1 Å². The maximum absolute atomic E-state index is 8.95. The maximum atomic E-state index is 8.95. The van der Waals surface area contributed by atoms with E-state index in [1.807, 2.05) is 20.2 Å². The minimum Gasteiger partial charge on any atom is -0.471 e. The molecule has 0 radical (unpaired) electrons. The standard InChI is InChI=1S/C11H14BrN.C2H4O2/c1-5-9-10(12)6-8(2)7-11(9)13(3)4;1-4-2-3/h5-7H,1H2,2-4H3;2H,1H3. The van der Waals surface area contributed by atoms with E-state index in [0.717, 1.165) is 10.0 Å². The smallest absolute Gasteiger partial charge is 0.292 e. The molecule has 0 saturated heterocycles. The molecular weight excluding hydrogens is 282 g/mol. The Kier molecular flexibility index (Phi) is 7.30. The number of hydrogen-bond acceptors (Lipinski definition) is 3. The summed E-state index contributed by atoms with van der Waals surface area (Å²) in [7, 11) is 5.38. The summed E-state index contributed by atoms with van der Waals surface area (Å²) >= 11 is 3.53. The Morgan fingerprint density at radius 3 is 2.29 bits per heavy atom. The second kappa shape index (κ2) is 7.90.